The van der Waals surface area contributed by atoms with Gasteiger partial charge < -0.3 is 5.32 Å². The summed E-state index contributed by atoms with van der Waals surface area (Å²) in [4.78, 5) is 0.624. The Morgan fingerprint density at radius 1 is 1.17 bits per heavy atom. The fraction of sp³-hybridized carbons (Fsp3) is 1.00. The molecule has 0 aliphatic carbocycles. The van der Waals surface area contributed by atoms with Crippen molar-refractivity contribution in [1.29, 1.82) is 0 Å². The highest BCUT2D eigenvalue weighted by molar-refractivity contribution is 9.09. The highest BCUT2D eigenvalue weighted by Crippen LogP contribution is 2.06. The zero-order valence-corrected chi connectivity index (χ0v) is 10.3. The Labute approximate surface area is 85.4 Å². The molecule has 1 nitrogen and oxygen atoms in total. The summed E-state index contributed by atoms with van der Waals surface area (Å²) < 4.78 is 0. The fourth-order valence-corrected chi connectivity index (χ4v) is 1.75. The van der Waals surface area contributed by atoms with Crippen molar-refractivity contribution in [3.8, 4) is 0 Å². The maximum atomic E-state index is 3.56. The van der Waals surface area contributed by atoms with E-state index in [4.69, 9.17) is 0 Å². The molecule has 0 bridgehead atoms. The van der Waals surface area contributed by atoms with Crippen molar-refractivity contribution >= 4 is 15.9 Å². The third-order valence-electron chi connectivity index (χ3n) is 1.89. The SMILES string of the molecule is CC(C)CCNC(C)CC(C)Br. The molecule has 2 heteroatoms. The van der Waals surface area contributed by atoms with E-state index in [1.807, 2.05) is 0 Å². The molecule has 0 spiro atoms. The summed E-state index contributed by atoms with van der Waals surface area (Å²) in [5.74, 6) is 0.811. The average Bonchev–Trinajstić information content (AvgIpc) is 1.84. The van der Waals surface area contributed by atoms with Crippen LogP contribution < -0.4 is 5.32 Å². The van der Waals surface area contributed by atoms with Crippen LogP contribution in [0.15, 0.2) is 0 Å². The van der Waals surface area contributed by atoms with Crippen molar-refractivity contribution in [2.75, 3.05) is 6.54 Å². The number of halogens is 1. The van der Waals surface area contributed by atoms with Crippen LogP contribution in [0.1, 0.15) is 40.5 Å². The number of hydrogen-bond donors (Lipinski definition) is 1. The fourth-order valence-electron chi connectivity index (χ4n) is 1.19. The molecule has 0 heterocycles. The van der Waals surface area contributed by atoms with Gasteiger partial charge in [0.2, 0.25) is 0 Å². The summed E-state index contributed by atoms with van der Waals surface area (Å²) >= 11 is 3.56. The summed E-state index contributed by atoms with van der Waals surface area (Å²) in [5, 5.41) is 3.52. The second-order valence-electron chi connectivity index (χ2n) is 4.05. The van der Waals surface area contributed by atoms with Crippen molar-refractivity contribution in [2.24, 2.45) is 5.92 Å². The second-order valence-corrected chi connectivity index (χ2v) is 5.62. The lowest BCUT2D eigenvalue weighted by molar-refractivity contribution is 0.470. The minimum Gasteiger partial charge on any atom is -0.314 e. The molecule has 1 N–H and O–H groups in total. The van der Waals surface area contributed by atoms with Crippen molar-refractivity contribution in [2.45, 2.75) is 51.4 Å². The van der Waals surface area contributed by atoms with Crippen LogP contribution in [0, 0.1) is 5.92 Å². The van der Waals surface area contributed by atoms with Gasteiger partial charge >= 0.3 is 0 Å². The van der Waals surface area contributed by atoms with Gasteiger partial charge in [0.25, 0.3) is 0 Å². The molecule has 0 aromatic rings. The maximum Gasteiger partial charge on any atom is 0.0132 e. The number of hydrogen-bond acceptors (Lipinski definition) is 1. The minimum atomic E-state index is 0.624. The first-order valence-corrected chi connectivity index (χ1v) is 5.81. The van der Waals surface area contributed by atoms with Crippen LogP contribution in [0.25, 0.3) is 0 Å². The van der Waals surface area contributed by atoms with Crippen LogP contribution in [-0.2, 0) is 0 Å². The van der Waals surface area contributed by atoms with E-state index in [1.165, 1.54) is 12.8 Å². The lowest BCUT2D eigenvalue weighted by Gasteiger charge is -2.15. The molecule has 0 aromatic heterocycles. The Balaban J connectivity index is 3.25. The van der Waals surface area contributed by atoms with Gasteiger partial charge in [0.05, 0.1) is 0 Å². The van der Waals surface area contributed by atoms with Gasteiger partial charge in [-0.25, -0.2) is 0 Å². The monoisotopic (exact) mass is 235 g/mol. The van der Waals surface area contributed by atoms with Crippen LogP contribution >= 0.6 is 15.9 Å². The predicted octanol–water partition coefficient (Wildman–Crippen LogP) is 3.18. The smallest absolute Gasteiger partial charge is 0.0132 e. The quantitative estimate of drug-likeness (QED) is 0.698. The van der Waals surface area contributed by atoms with Gasteiger partial charge in [-0.1, -0.05) is 36.7 Å². The molecule has 2 unspecified atom stereocenters. The molecule has 0 saturated carbocycles. The molecule has 0 radical (unpaired) electrons. The van der Waals surface area contributed by atoms with Crippen LogP contribution in [0.2, 0.25) is 0 Å². The van der Waals surface area contributed by atoms with Gasteiger partial charge in [0, 0.05) is 10.9 Å². The molecule has 74 valence electrons. The van der Waals surface area contributed by atoms with Gasteiger partial charge in [-0.2, -0.15) is 0 Å². The van der Waals surface area contributed by atoms with Gasteiger partial charge in [-0.3, -0.25) is 0 Å². The number of rotatable bonds is 6. The zero-order valence-electron chi connectivity index (χ0n) is 8.73. The highest BCUT2D eigenvalue weighted by atomic mass is 79.9. The molecular weight excluding hydrogens is 214 g/mol. The van der Waals surface area contributed by atoms with Crippen LogP contribution in [0.4, 0.5) is 0 Å². The van der Waals surface area contributed by atoms with E-state index in [1.54, 1.807) is 0 Å². The molecule has 0 aromatic carbocycles. The predicted molar refractivity (Wildman–Crippen MR) is 59.9 cm³/mol. The van der Waals surface area contributed by atoms with Gasteiger partial charge in [-0.05, 0) is 32.2 Å². The van der Waals surface area contributed by atoms with E-state index in [0.29, 0.717) is 10.9 Å². The summed E-state index contributed by atoms with van der Waals surface area (Å²) in [5.41, 5.74) is 0. The van der Waals surface area contributed by atoms with Gasteiger partial charge in [0.15, 0.2) is 0 Å². The minimum absolute atomic E-state index is 0.624. The Hall–Kier alpha value is 0.440. The Morgan fingerprint density at radius 2 is 1.75 bits per heavy atom. The molecule has 12 heavy (non-hydrogen) atoms. The van der Waals surface area contributed by atoms with E-state index in [0.717, 1.165) is 12.5 Å². The first-order valence-electron chi connectivity index (χ1n) is 4.89. The van der Waals surface area contributed by atoms with Crippen LogP contribution in [0.5, 0.6) is 0 Å². The van der Waals surface area contributed by atoms with Crippen molar-refractivity contribution < 1.29 is 0 Å². The first kappa shape index (κ1) is 12.4. The normalized spacial score (nSPS) is 16.5. The largest absolute Gasteiger partial charge is 0.314 e. The van der Waals surface area contributed by atoms with Gasteiger partial charge in [0.1, 0.15) is 0 Å². The lowest BCUT2D eigenvalue weighted by atomic mass is 10.1. The summed E-state index contributed by atoms with van der Waals surface area (Å²) in [7, 11) is 0. The van der Waals surface area contributed by atoms with E-state index in [9.17, 15) is 0 Å². The number of alkyl halides is 1. The molecule has 0 amide bonds. The molecule has 0 aliphatic rings. The molecular formula is C10H22BrN. The second kappa shape index (κ2) is 6.90. The van der Waals surface area contributed by atoms with E-state index in [-0.39, 0.29) is 0 Å². The standard InChI is InChI=1S/C10H22BrN/c1-8(2)5-6-12-10(4)7-9(3)11/h8-10,12H,5-7H2,1-4H3. The van der Waals surface area contributed by atoms with Crippen LogP contribution in [-0.4, -0.2) is 17.4 Å². The summed E-state index contributed by atoms with van der Waals surface area (Å²) in [6, 6.07) is 0.637. The van der Waals surface area contributed by atoms with E-state index < -0.39 is 0 Å². The maximum absolute atomic E-state index is 3.56. The molecule has 2 atom stereocenters. The van der Waals surface area contributed by atoms with Crippen molar-refractivity contribution in [3.05, 3.63) is 0 Å². The van der Waals surface area contributed by atoms with Crippen LogP contribution in [0.3, 0.4) is 0 Å². The lowest BCUT2D eigenvalue weighted by Crippen LogP contribution is -2.29. The Bertz CT molecular complexity index is 102. The topological polar surface area (TPSA) is 12.0 Å². The molecule has 0 aliphatic heterocycles. The zero-order chi connectivity index (χ0) is 9.56. The molecule has 0 fully saturated rings. The Kier molecular flexibility index (Phi) is 7.16. The molecule has 0 rings (SSSR count). The third kappa shape index (κ3) is 8.54. The summed E-state index contributed by atoms with van der Waals surface area (Å²) in [6.45, 7) is 10.1. The average molecular weight is 236 g/mol. The third-order valence-corrected chi connectivity index (χ3v) is 2.27. The first-order chi connectivity index (χ1) is 5.52. The highest BCUT2D eigenvalue weighted by Gasteiger charge is 2.04. The number of nitrogens with one attached hydrogen (secondary N) is 1. The summed E-state index contributed by atoms with van der Waals surface area (Å²) in [6.07, 6.45) is 2.49. The van der Waals surface area contributed by atoms with Crippen molar-refractivity contribution in [1.82, 2.24) is 5.32 Å². The van der Waals surface area contributed by atoms with E-state index in [2.05, 4.69) is 48.9 Å². The molecule has 0 saturated heterocycles. The van der Waals surface area contributed by atoms with Gasteiger partial charge in [-0.15, -0.1) is 0 Å². The Morgan fingerprint density at radius 3 is 2.17 bits per heavy atom. The van der Waals surface area contributed by atoms with E-state index >= 15 is 0 Å². The van der Waals surface area contributed by atoms with Crippen molar-refractivity contribution in [3.63, 3.8) is 0 Å².